The van der Waals surface area contributed by atoms with E-state index in [0.717, 1.165) is 11.8 Å². The highest BCUT2D eigenvalue weighted by molar-refractivity contribution is 6.30. The van der Waals surface area contributed by atoms with Crippen LogP contribution in [0.4, 0.5) is 20.6 Å². The van der Waals surface area contributed by atoms with Gasteiger partial charge in [-0.25, -0.2) is 9.18 Å². The van der Waals surface area contributed by atoms with E-state index in [2.05, 4.69) is 10.6 Å². The van der Waals surface area contributed by atoms with Gasteiger partial charge in [0.05, 0.1) is 5.56 Å². The fraction of sp³-hybridized carbons (Fsp3) is 0.125. The average Bonchev–Trinajstić information content (AvgIpc) is 2.94. The van der Waals surface area contributed by atoms with E-state index in [1.54, 1.807) is 29.2 Å². The number of amides is 3. The Labute approximate surface area is 137 Å². The molecule has 1 heterocycles. The lowest BCUT2D eigenvalue weighted by atomic mass is 10.2. The third-order valence-corrected chi connectivity index (χ3v) is 3.70. The van der Waals surface area contributed by atoms with Crippen LogP contribution in [0.25, 0.3) is 0 Å². The van der Waals surface area contributed by atoms with E-state index in [4.69, 9.17) is 11.6 Å². The Kier molecular flexibility index (Phi) is 4.16. The Hall–Kier alpha value is -2.60. The lowest BCUT2D eigenvalue weighted by Gasteiger charge is -2.14. The Morgan fingerprint density at radius 3 is 2.57 bits per heavy atom. The van der Waals surface area contributed by atoms with E-state index < -0.39 is 11.7 Å². The van der Waals surface area contributed by atoms with Gasteiger partial charge in [0, 0.05) is 29.5 Å². The van der Waals surface area contributed by atoms with Crippen molar-refractivity contribution in [2.45, 2.75) is 0 Å². The molecule has 2 N–H and O–H groups in total. The summed E-state index contributed by atoms with van der Waals surface area (Å²) in [6, 6.07) is 10.5. The minimum atomic E-state index is -0.680. The minimum Gasteiger partial charge on any atom is -0.336 e. The van der Waals surface area contributed by atoms with Crippen molar-refractivity contribution in [3.63, 3.8) is 0 Å². The van der Waals surface area contributed by atoms with Crippen LogP contribution in [-0.2, 0) is 0 Å². The number of anilines is 2. The Balaban J connectivity index is 1.73. The molecule has 3 amide bonds. The molecule has 0 atom stereocenters. The number of hydrogen-bond acceptors (Lipinski definition) is 2. The highest BCUT2D eigenvalue weighted by Crippen LogP contribution is 2.21. The molecule has 2 aromatic carbocycles. The third kappa shape index (κ3) is 3.27. The van der Waals surface area contributed by atoms with Gasteiger partial charge in [0.25, 0.3) is 5.91 Å². The summed E-state index contributed by atoms with van der Waals surface area (Å²) < 4.78 is 13.7. The lowest BCUT2D eigenvalue weighted by molar-refractivity contribution is 0.102. The summed E-state index contributed by atoms with van der Waals surface area (Å²) >= 11 is 5.66. The van der Waals surface area contributed by atoms with Gasteiger partial charge < -0.3 is 10.6 Å². The maximum Gasteiger partial charge on any atom is 0.321 e. The zero-order chi connectivity index (χ0) is 16.4. The molecule has 0 bridgehead atoms. The quantitative estimate of drug-likeness (QED) is 0.905. The number of nitrogens with zero attached hydrogens (tertiary/aromatic N) is 1. The summed E-state index contributed by atoms with van der Waals surface area (Å²) in [5.74, 6) is -1.24. The van der Waals surface area contributed by atoms with Gasteiger partial charge in [-0.05, 0) is 42.5 Å². The van der Waals surface area contributed by atoms with Crippen LogP contribution in [0.1, 0.15) is 10.4 Å². The number of nitrogens with one attached hydrogen (secondary N) is 2. The summed E-state index contributed by atoms with van der Waals surface area (Å²) in [4.78, 5) is 25.3. The van der Waals surface area contributed by atoms with Gasteiger partial charge in [-0.15, -0.1) is 0 Å². The number of urea groups is 1. The van der Waals surface area contributed by atoms with Gasteiger partial charge in [0.1, 0.15) is 5.82 Å². The number of benzene rings is 2. The number of hydrogen-bond donors (Lipinski definition) is 2. The number of carbonyl (C=O) groups excluding carboxylic acids is 2. The van der Waals surface area contributed by atoms with Crippen LogP contribution in [0.5, 0.6) is 0 Å². The lowest BCUT2D eigenvalue weighted by Crippen LogP contribution is -2.27. The largest absolute Gasteiger partial charge is 0.336 e. The molecular formula is C16H13ClFN3O2. The van der Waals surface area contributed by atoms with Crippen molar-refractivity contribution >= 4 is 34.9 Å². The summed E-state index contributed by atoms with van der Waals surface area (Å²) in [7, 11) is 0. The highest BCUT2D eigenvalue weighted by Gasteiger charge is 2.21. The van der Waals surface area contributed by atoms with E-state index in [0.29, 0.717) is 18.8 Å². The maximum atomic E-state index is 13.7. The molecule has 1 aliphatic rings. The molecule has 0 saturated carbocycles. The second-order valence-electron chi connectivity index (χ2n) is 5.01. The molecule has 5 nitrogen and oxygen atoms in total. The van der Waals surface area contributed by atoms with Crippen LogP contribution in [0.2, 0.25) is 5.02 Å². The minimum absolute atomic E-state index is 0.0857. The summed E-state index contributed by atoms with van der Waals surface area (Å²) in [6.07, 6.45) is 0. The molecule has 0 unspecified atom stereocenters. The van der Waals surface area contributed by atoms with E-state index in [-0.39, 0.29) is 16.6 Å². The van der Waals surface area contributed by atoms with Crippen LogP contribution < -0.4 is 15.5 Å². The molecular weight excluding hydrogens is 321 g/mol. The summed E-state index contributed by atoms with van der Waals surface area (Å²) in [5, 5.41) is 5.55. The van der Waals surface area contributed by atoms with Crippen LogP contribution in [0, 0.1) is 5.82 Å². The third-order valence-electron chi connectivity index (χ3n) is 3.47. The van der Waals surface area contributed by atoms with E-state index >= 15 is 0 Å². The molecule has 7 heteroatoms. The molecule has 2 aromatic rings. The average molecular weight is 334 g/mol. The molecule has 118 valence electrons. The zero-order valence-electron chi connectivity index (χ0n) is 12.0. The summed E-state index contributed by atoms with van der Waals surface area (Å²) in [6.45, 7) is 1.20. The van der Waals surface area contributed by atoms with Crippen molar-refractivity contribution in [1.29, 1.82) is 0 Å². The van der Waals surface area contributed by atoms with Crippen LogP contribution in [0.3, 0.4) is 0 Å². The van der Waals surface area contributed by atoms with E-state index in [1.165, 1.54) is 12.1 Å². The van der Waals surface area contributed by atoms with E-state index in [1.807, 2.05) is 0 Å². The van der Waals surface area contributed by atoms with Gasteiger partial charge in [-0.3, -0.25) is 9.69 Å². The molecule has 1 aliphatic heterocycles. The van der Waals surface area contributed by atoms with Crippen LogP contribution >= 0.6 is 11.6 Å². The summed E-state index contributed by atoms with van der Waals surface area (Å²) in [5.41, 5.74) is 1.15. The second-order valence-corrected chi connectivity index (χ2v) is 5.45. The van der Waals surface area contributed by atoms with Gasteiger partial charge in [0.15, 0.2) is 0 Å². The van der Waals surface area contributed by atoms with Gasteiger partial charge in [0.2, 0.25) is 0 Å². The van der Waals surface area contributed by atoms with Crippen molar-refractivity contribution < 1.29 is 14.0 Å². The normalized spacial score (nSPS) is 13.8. The first-order valence-corrected chi connectivity index (χ1v) is 7.34. The van der Waals surface area contributed by atoms with Crippen molar-refractivity contribution in [3.8, 4) is 0 Å². The fourth-order valence-electron chi connectivity index (χ4n) is 2.31. The van der Waals surface area contributed by atoms with Crippen LogP contribution in [-0.4, -0.2) is 25.0 Å². The molecule has 1 saturated heterocycles. The zero-order valence-corrected chi connectivity index (χ0v) is 12.7. The second kappa shape index (κ2) is 6.26. The monoisotopic (exact) mass is 333 g/mol. The molecule has 1 fully saturated rings. The molecule has 3 rings (SSSR count). The number of carbonyl (C=O) groups is 2. The fourth-order valence-corrected chi connectivity index (χ4v) is 2.47. The Morgan fingerprint density at radius 2 is 1.96 bits per heavy atom. The highest BCUT2D eigenvalue weighted by atomic mass is 35.5. The topological polar surface area (TPSA) is 61.4 Å². The molecule has 0 radical (unpaired) electrons. The predicted molar refractivity (Wildman–Crippen MR) is 86.5 cm³/mol. The molecule has 0 aliphatic carbocycles. The van der Waals surface area contributed by atoms with Crippen molar-refractivity contribution in [1.82, 2.24) is 5.32 Å². The SMILES string of the molecule is O=C(Nc1ccc(N2CCNC2=O)cc1)c1ccc(Cl)cc1F. The van der Waals surface area contributed by atoms with Gasteiger partial charge >= 0.3 is 6.03 Å². The maximum absolute atomic E-state index is 13.7. The molecule has 0 spiro atoms. The first kappa shape index (κ1) is 15.3. The Morgan fingerprint density at radius 1 is 1.22 bits per heavy atom. The van der Waals surface area contributed by atoms with Crippen molar-refractivity contribution in [2.75, 3.05) is 23.3 Å². The van der Waals surface area contributed by atoms with E-state index in [9.17, 15) is 14.0 Å². The van der Waals surface area contributed by atoms with Gasteiger partial charge in [-0.1, -0.05) is 11.6 Å². The predicted octanol–water partition coefficient (Wildman–Crippen LogP) is 3.26. The smallest absolute Gasteiger partial charge is 0.321 e. The molecule has 23 heavy (non-hydrogen) atoms. The number of rotatable bonds is 3. The van der Waals surface area contributed by atoms with Crippen molar-refractivity contribution in [3.05, 3.63) is 58.9 Å². The number of halogens is 2. The Bertz CT molecular complexity index is 764. The first-order chi connectivity index (χ1) is 11.0. The van der Waals surface area contributed by atoms with Gasteiger partial charge in [-0.2, -0.15) is 0 Å². The standard InChI is InChI=1S/C16H13ClFN3O2/c17-10-1-6-13(14(18)9-10)15(22)20-11-2-4-12(5-3-11)21-8-7-19-16(21)23/h1-6,9H,7-8H2,(H,19,23)(H,20,22). The van der Waals surface area contributed by atoms with Crippen molar-refractivity contribution in [2.24, 2.45) is 0 Å². The first-order valence-electron chi connectivity index (χ1n) is 6.96. The molecule has 0 aromatic heterocycles. The van der Waals surface area contributed by atoms with Crippen LogP contribution in [0.15, 0.2) is 42.5 Å².